The molecular formula is C11H17F6NO5S2. The monoisotopic (exact) mass is 421 g/mol. The van der Waals surface area contributed by atoms with Crippen molar-refractivity contribution < 1.29 is 47.9 Å². The molecule has 1 fully saturated rings. The van der Waals surface area contributed by atoms with Crippen LogP contribution in [0.2, 0.25) is 0 Å². The third kappa shape index (κ3) is 6.57. The Morgan fingerprint density at radius 2 is 1.32 bits per heavy atom. The van der Waals surface area contributed by atoms with Crippen LogP contribution in [0.1, 0.15) is 12.8 Å². The van der Waals surface area contributed by atoms with Crippen LogP contribution >= 0.6 is 0 Å². The molecule has 0 saturated carbocycles. The van der Waals surface area contributed by atoms with E-state index in [0.717, 1.165) is 4.90 Å². The van der Waals surface area contributed by atoms with E-state index in [2.05, 4.69) is 0 Å². The van der Waals surface area contributed by atoms with E-state index in [0.29, 0.717) is 19.4 Å². The molecule has 14 heteroatoms. The SMILES string of the molecule is O=S(=O)(CCN(CCS(=O)(=O)C(F)(F)F)C[C@@H]1CCCO1)C(F)(F)F. The minimum absolute atomic E-state index is 0.152. The molecule has 0 aromatic rings. The van der Waals surface area contributed by atoms with Crippen molar-refractivity contribution in [2.24, 2.45) is 0 Å². The first-order valence-corrected chi connectivity index (χ1v) is 10.4. The second-order valence-electron chi connectivity index (χ2n) is 5.46. The molecule has 1 saturated heterocycles. The normalized spacial score (nSPS) is 20.4. The Labute approximate surface area is 141 Å². The molecule has 0 aromatic heterocycles. The van der Waals surface area contributed by atoms with E-state index in [9.17, 15) is 43.2 Å². The van der Waals surface area contributed by atoms with Gasteiger partial charge in [0.25, 0.3) is 0 Å². The van der Waals surface area contributed by atoms with Crippen molar-refractivity contribution in [1.82, 2.24) is 4.90 Å². The highest BCUT2D eigenvalue weighted by Crippen LogP contribution is 2.25. The maximum Gasteiger partial charge on any atom is 0.497 e. The van der Waals surface area contributed by atoms with E-state index in [1.54, 1.807) is 0 Å². The zero-order valence-electron chi connectivity index (χ0n) is 12.8. The van der Waals surface area contributed by atoms with E-state index < -0.39 is 61.4 Å². The molecule has 1 aliphatic heterocycles. The summed E-state index contributed by atoms with van der Waals surface area (Å²) in [7, 11) is -10.9. The van der Waals surface area contributed by atoms with Crippen LogP contribution in [0.5, 0.6) is 0 Å². The molecule has 0 aromatic carbocycles. The van der Waals surface area contributed by atoms with Gasteiger partial charge in [-0.1, -0.05) is 0 Å². The maximum atomic E-state index is 12.3. The summed E-state index contributed by atoms with van der Waals surface area (Å²) in [6, 6.07) is 0. The predicted octanol–water partition coefficient (Wildman–Crippen LogP) is 1.34. The van der Waals surface area contributed by atoms with E-state index >= 15 is 0 Å². The first-order chi connectivity index (χ1) is 11.2. The van der Waals surface area contributed by atoms with Gasteiger partial charge in [-0.2, -0.15) is 26.3 Å². The van der Waals surface area contributed by atoms with Crippen LogP contribution < -0.4 is 0 Å². The lowest BCUT2D eigenvalue weighted by molar-refractivity contribution is -0.0439. The second kappa shape index (κ2) is 7.96. The van der Waals surface area contributed by atoms with Crippen LogP contribution in [0.4, 0.5) is 26.3 Å². The Morgan fingerprint density at radius 3 is 1.64 bits per heavy atom. The number of hydrogen-bond acceptors (Lipinski definition) is 6. The first-order valence-electron chi connectivity index (χ1n) is 7.08. The Bertz CT molecular complexity index is 589. The molecule has 1 rings (SSSR count). The van der Waals surface area contributed by atoms with Gasteiger partial charge < -0.3 is 4.74 Å². The van der Waals surface area contributed by atoms with Crippen molar-refractivity contribution in [3.63, 3.8) is 0 Å². The van der Waals surface area contributed by atoms with Crippen LogP contribution in [0.15, 0.2) is 0 Å². The molecule has 0 unspecified atom stereocenters. The largest absolute Gasteiger partial charge is 0.497 e. The van der Waals surface area contributed by atoms with Gasteiger partial charge in [0, 0.05) is 26.2 Å². The zero-order chi connectivity index (χ0) is 19.5. The summed E-state index contributed by atoms with van der Waals surface area (Å²) in [6.07, 6.45) is 0.636. The summed E-state index contributed by atoms with van der Waals surface area (Å²) in [6.45, 7) is -1.30. The Morgan fingerprint density at radius 1 is 0.880 bits per heavy atom. The highest BCUT2D eigenvalue weighted by molar-refractivity contribution is 7.92. The topological polar surface area (TPSA) is 80.8 Å². The Kier molecular flexibility index (Phi) is 7.15. The third-order valence-electron chi connectivity index (χ3n) is 3.54. The van der Waals surface area contributed by atoms with Crippen LogP contribution in [-0.2, 0) is 24.4 Å². The average molecular weight is 421 g/mol. The number of halogens is 6. The molecule has 0 bridgehead atoms. The van der Waals surface area contributed by atoms with E-state index in [1.165, 1.54) is 0 Å². The Balaban J connectivity index is 2.76. The number of sulfone groups is 2. The van der Waals surface area contributed by atoms with E-state index in [-0.39, 0.29) is 6.54 Å². The number of nitrogens with zero attached hydrogens (tertiary/aromatic N) is 1. The standard InChI is InChI=1S/C11H17F6NO5S2/c12-10(13,14)24(19,20)6-3-18(8-9-2-1-5-23-9)4-7-25(21,22)11(15,16)17/h9H,1-8H2/t9-/m0/s1. The van der Waals surface area contributed by atoms with Crippen LogP contribution in [0.3, 0.4) is 0 Å². The van der Waals surface area contributed by atoms with Crippen LogP contribution in [0, 0.1) is 0 Å². The molecule has 1 heterocycles. The summed E-state index contributed by atoms with van der Waals surface area (Å²) in [5.41, 5.74) is -11.0. The summed E-state index contributed by atoms with van der Waals surface area (Å²) in [5.74, 6) is -2.76. The minimum atomic E-state index is -5.49. The van der Waals surface area contributed by atoms with Crippen molar-refractivity contribution in [2.75, 3.05) is 37.7 Å². The van der Waals surface area contributed by atoms with Crippen molar-refractivity contribution >= 4 is 19.7 Å². The lowest BCUT2D eigenvalue weighted by atomic mass is 10.2. The highest BCUT2D eigenvalue weighted by atomic mass is 32.2. The second-order valence-corrected chi connectivity index (χ2v) is 9.67. The number of hydrogen-bond donors (Lipinski definition) is 0. The van der Waals surface area contributed by atoms with Crippen molar-refractivity contribution in [2.45, 2.75) is 30.0 Å². The van der Waals surface area contributed by atoms with Gasteiger partial charge in [0.1, 0.15) is 0 Å². The van der Waals surface area contributed by atoms with Crippen LogP contribution in [-0.4, -0.2) is 76.6 Å². The van der Waals surface area contributed by atoms with Gasteiger partial charge in [-0.3, -0.25) is 4.90 Å². The summed E-state index contributed by atoms with van der Waals surface area (Å²) >= 11 is 0. The molecule has 1 atom stereocenters. The number of alkyl halides is 6. The molecule has 0 spiro atoms. The van der Waals surface area contributed by atoms with Gasteiger partial charge in [0.05, 0.1) is 17.6 Å². The molecule has 25 heavy (non-hydrogen) atoms. The maximum absolute atomic E-state index is 12.3. The highest BCUT2D eigenvalue weighted by Gasteiger charge is 2.46. The molecule has 0 aliphatic carbocycles. The molecule has 1 aliphatic rings. The van der Waals surface area contributed by atoms with Gasteiger partial charge in [0.2, 0.25) is 19.7 Å². The van der Waals surface area contributed by atoms with E-state index in [1.807, 2.05) is 0 Å². The van der Waals surface area contributed by atoms with Gasteiger partial charge in [-0.05, 0) is 12.8 Å². The fourth-order valence-electron chi connectivity index (χ4n) is 2.10. The Hall–Kier alpha value is -0.600. The number of ether oxygens (including phenoxy) is 1. The fraction of sp³-hybridized carbons (Fsp3) is 1.00. The van der Waals surface area contributed by atoms with Gasteiger partial charge in [-0.15, -0.1) is 0 Å². The molecule has 150 valence electrons. The predicted molar refractivity (Wildman–Crippen MR) is 75.1 cm³/mol. The zero-order valence-corrected chi connectivity index (χ0v) is 14.4. The summed E-state index contributed by atoms with van der Waals surface area (Å²) in [4.78, 5) is 0.933. The molecular weight excluding hydrogens is 404 g/mol. The van der Waals surface area contributed by atoms with Crippen molar-refractivity contribution in [3.05, 3.63) is 0 Å². The van der Waals surface area contributed by atoms with Gasteiger partial charge in [0.15, 0.2) is 0 Å². The van der Waals surface area contributed by atoms with E-state index in [4.69, 9.17) is 4.74 Å². The summed E-state index contributed by atoms with van der Waals surface area (Å²) < 4.78 is 124. The minimum Gasteiger partial charge on any atom is -0.377 e. The molecule has 0 N–H and O–H groups in total. The average Bonchev–Trinajstić information content (AvgIpc) is 2.92. The summed E-state index contributed by atoms with van der Waals surface area (Å²) in [5, 5.41) is 0. The third-order valence-corrected chi connectivity index (χ3v) is 6.39. The smallest absolute Gasteiger partial charge is 0.377 e. The lowest BCUT2D eigenvalue weighted by Crippen LogP contribution is -2.42. The van der Waals surface area contributed by atoms with Crippen LogP contribution in [0.25, 0.3) is 0 Å². The van der Waals surface area contributed by atoms with Gasteiger partial charge >= 0.3 is 11.0 Å². The molecule has 6 nitrogen and oxygen atoms in total. The quantitative estimate of drug-likeness (QED) is 0.551. The first kappa shape index (κ1) is 22.4. The number of rotatable bonds is 8. The van der Waals surface area contributed by atoms with Gasteiger partial charge in [-0.25, -0.2) is 16.8 Å². The molecule has 0 radical (unpaired) electrons. The van der Waals surface area contributed by atoms with Crippen molar-refractivity contribution in [3.8, 4) is 0 Å². The lowest BCUT2D eigenvalue weighted by Gasteiger charge is -2.25. The fourth-order valence-corrected chi connectivity index (χ4v) is 3.56. The molecule has 0 amide bonds. The van der Waals surface area contributed by atoms with Crippen molar-refractivity contribution in [1.29, 1.82) is 0 Å².